The van der Waals surface area contributed by atoms with Gasteiger partial charge in [0.2, 0.25) is 5.43 Å². The van der Waals surface area contributed by atoms with Crippen molar-refractivity contribution in [3.8, 4) is 23.0 Å². The zero-order valence-electron chi connectivity index (χ0n) is 20.2. The van der Waals surface area contributed by atoms with Gasteiger partial charge in [0.05, 0.1) is 12.5 Å². The summed E-state index contributed by atoms with van der Waals surface area (Å²) >= 11 is 0. The Bertz CT molecular complexity index is 1270. The van der Waals surface area contributed by atoms with Crippen molar-refractivity contribution < 1.29 is 24.5 Å². The highest BCUT2D eigenvalue weighted by Gasteiger charge is 2.22. The number of phenolic OH excluding ortho intramolecular Hbond substituents is 3. The normalized spacial score (nSPS) is 12.0. The van der Waals surface area contributed by atoms with Crippen molar-refractivity contribution >= 4 is 21.9 Å². The molecule has 182 valence electrons. The van der Waals surface area contributed by atoms with E-state index in [2.05, 4.69) is 13.8 Å². The molecule has 0 unspecified atom stereocenters. The van der Waals surface area contributed by atoms with Crippen molar-refractivity contribution in [3.63, 3.8) is 0 Å². The number of rotatable bonds is 11. The molecule has 0 aliphatic heterocycles. The highest BCUT2D eigenvalue weighted by molar-refractivity contribution is 5.97. The average molecular weight is 467 g/mol. The second kappa shape index (κ2) is 11.6. The van der Waals surface area contributed by atoms with Crippen LogP contribution in [-0.4, -0.2) is 22.4 Å². The van der Waals surface area contributed by atoms with Crippen LogP contribution < -0.4 is 10.2 Å². The molecule has 0 fully saturated rings. The van der Waals surface area contributed by atoms with Crippen molar-refractivity contribution in [2.45, 2.75) is 65.2 Å². The molecule has 2 aromatic carbocycles. The maximum Gasteiger partial charge on any atom is 0.204 e. The van der Waals surface area contributed by atoms with Gasteiger partial charge in [-0.3, -0.25) is 4.79 Å². The van der Waals surface area contributed by atoms with E-state index in [1.54, 1.807) is 0 Å². The second-order valence-electron chi connectivity index (χ2n) is 8.44. The van der Waals surface area contributed by atoms with Gasteiger partial charge >= 0.3 is 0 Å². The number of hydrogen-bond acceptors (Lipinski definition) is 6. The van der Waals surface area contributed by atoms with Crippen LogP contribution in [0.4, 0.5) is 0 Å². The van der Waals surface area contributed by atoms with Crippen LogP contribution in [0, 0.1) is 0 Å². The van der Waals surface area contributed by atoms with Crippen LogP contribution in [0.15, 0.2) is 45.6 Å². The quantitative estimate of drug-likeness (QED) is 0.166. The number of aromatic hydroxyl groups is 3. The smallest absolute Gasteiger partial charge is 0.204 e. The van der Waals surface area contributed by atoms with Gasteiger partial charge in [-0.05, 0) is 25.7 Å². The molecule has 3 aromatic rings. The minimum atomic E-state index is -0.430. The van der Waals surface area contributed by atoms with Gasteiger partial charge in [-0.15, -0.1) is 0 Å². The highest BCUT2D eigenvalue weighted by atomic mass is 16.5. The van der Waals surface area contributed by atoms with Crippen LogP contribution in [-0.2, 0) is 12.8 Å². The van der Waals surface area contributed by atoms with Crippen LogP contribution in [0.2, 0.25) is 0 Å². The van der Waals surface area contributed by atoms with Gasteiger partial charge in [-0.2, -0.15) is 0 Å². The molecule has 0 saturated carbocycles. The van der Waals surface area contributed by atoms with E-state index in [-0.39, 0.29) is 50.5 Å². The van der Waals surface area contributed by atoms with E-state index < -0.39 is 5.43 Å². The van der Waals surface area contributed by atoms with Crippen molar-refractivity contribution in [2.24, 2.45) is 0 Å². The minimum absolute atomic E-state index is 0.00575. The molecule has 0 saturated heterocycles. The summed E-state index contributed by atoms with van der Waals surface area (Å²) in [7, 11) is 1.44. The van der Waals surface area contributed by atoms with Gasteiger partial charge < -0.3 is 24.5 Å². The summed E-state index contributed by atoms with van der Waals surface area (Å²) in [5.41, 5.74) is 0.562. The number of fused-ring (bicyclic) bond motifs is 2. The SMILES string of the molecule is CCCCC=CCc1c(O)cc2oc3cc(O)c(OC)c(CC=CCCCC)c3c(=O)c2c1O. The molecule has 3 N–H and O–H groups in total. The van der Waals surface area contributed by atoms with Gasteiger partial charge in [-0.25, -0.2) is 0 Å². The predicted octanol–water partition coefficient (Wildman–Crippen LogP) is 6.65. The maximum atomic E-state index is 13.6. The fraction of sp³-hybridized carbons (Fsp3) is 0.393. The summed E-state index contributed by atoms with van der Waals surface area (Å²) in [4.78, 5) is 13.6. The van der Waals surface area contributed by atoms with E-state index in [1.165, 1.54) is 19.2 Å². The molecule has 0 radical (unpaired) electrons. The zero-order valence-corrected chi connectivity index (χ0v) is 20.2. The number of ether oxygens (including phenoxy) is 1. The molecule has 0 aliphatic carbocycles. The second-order valence-corrected chi connectivity index (χ2v) is 8.44. The predicted molar refractivity (Wildman–Crippen MR) is 136 cm³/mol. The number of benzene rings is 2. The largest absolute Gasteiger partial charge is 0.507 e. The average Bonchev–Trinajstić information content (AvgIpc) is 2.80. The zero-order chi connectivity index (χ0) is 24.7. The van der Waals surface area contributed by atoms with E-state index >= 15 is 0 Å². The lowest BCUT2D eigenvalue weighted by molar-refractivity contribution is 0.370. The molecule has 0 atom stereocenters. The Morgan fingerprint density at radius 2 is 1.38 bits per heavy atom. The first-order chi connectivity index (χ1) is 16.4. The first-order valence-electron chi connectivity index (χ1n) is 12.0. The standard InChI is InChI=1S/C28H34O6/c1-4-6-8-10-12-14-18-20(29)16-23-25(26(18)31)27(32)24-19(15-13-11-9-7-5-2)28(33-3)21(30)17-22(24)34-23/h10-13,16-17,29-31H,4-9,14-15H2,1-3H3. The lowest BCUT2D eigenvalue weighted by atomic mass is 9.99. The first kappa shape index (κ1) is 25.2. The number of unbranched alkanes of at least 4 members (excludes halogenated alkanes) is 4. The maximum absolute atomic E-state index is 13.6. The van der Waals surface area contributed by atoms with Gasteiger partial charge in [0.15, 0.2) is 11.5 Å². The van der Waals surface area contributed by atoms with Crippen molar-refractivity contribution in [3.05, 3.63) is 57.8 Å². The van der Waals surface area contributed by atoms with Crippen molar-refractivity contribution in [2.75, 3.05) is 7.11 Å². The highest BCUT2D eigenvalue weighted by Crippen LogP contribution is 2.40. The van der Waals surface area contributed by atoms with Gasteiger partial charge in [0, 0.05) is 23.3 Å². The molecule has 0 bridgehead atoms. The van der Waals surface area contributed by atoms with Gasteiger partial charge in [-0.1, -0.05) is 63.8 Å². The first-order valence-corrected chi connectivity index (χ1v) is 12.0. The fourth-order valence-corrected chi connectivity index (χ4v) is 4.13. The van der Waals surface area contributed by atoms with E-state index in [9.17, 15) is 20.1 Å². The Balaban J connectivity index is 2.19. The summed E-state index contributed by atoms with van der Waals surface area (Å²) in [6, 6.07) is 2.68. The third-order valence-electron chi connectivity index (χ3n) is 5.97. The summed E-state index contributed by atoms with van der Waals surface area (Å²) in [6.07, 6.45) is 14.7. The third-order valence-corrected chi connectivity index (χ3v) is 5.97. The molecule has 1 aromatic heterocycles. The van der Waals surface area contributed by atoms with E-state index in [1.807, 2.05) is 24.3 Å². The Kier molecular flexibility index (Phi) is 8.63. The molecule has 6 nitrogen and oxygen atoms in total. The van der Waals surface area contributed by atoms with E-state index in [4.69, 9.17) is 9.15 Å². The molecule has 3 rings (SSSR count). The molecule has 0 spiro atoms. The minimum Gasteiger partial charge on any atom is -0.507 e. The van der Waals surface area contributed by atoms with Gasteiger partial charge in [0.25, 0.3) is 0 Å². The molecule has 0 amide bonds. The summed E-state index contributed by atoms with van der Waals surface area (Å²) in [5.74, 6) is -0.375. The fourth-order valence-electron chi connectivity index (χ4n) is 4.13. The van der Waals surface area contributed by atoms with Gasteiger partial charge in [0.1, 0.15) is 28.1 Å². The van der Waals surface area contributed by atoms with E-state index in [0.717, 1.165) is 38.5 Å². The Morgan fingerprint density at radius 1 is 0.824 bits per heavy atom. The van der Waals surface area contributed by atoms with Crippen molar-refractivity contribution in [1.29, 1.82) is 0 Å². The molecular weight excluding hydrogens is 432 g/mol. The molecular formula is C28H34O6. The monoisotopic (exact) mass is 466 g/mol. The van der Waals surface area contributed by atoms with Crippen LogP contribution >= 0.6 is 0 Å². The van der Waals surface area contributed by atoms with E-state index in [0.29, 0.717) is 18.4 Å². The number of phenols is 3. The summed E-state index contributed by atoms with van der Waals surface area (Å²) < 4.78 is 11.3. The van der Waals surface area contributed by atoms with Crippen LogP contribution in [0.5, 0.6) is 23.0 Å². The summed E-state index contributed by atoms with van der Waals surface area (Å²) in [6.45, 7) is 4.23. The number of methoxy groups -OCH3 is 1. The third kappa shape index (κ3) is 5.22. The summed E-state index contributed by atoms with van der Waals surface area (Å²) in [5, 5.41) is 32.2. The molecule has 1 heterocycles. The Labute approximate surface area is 199 Å². The van der Waals surface area contributed by atoms with Crippen LogP contribution in [0.25, 0.3) is 21.9 Å². The number of allylic oxidation sites excluding steroid dienone is 4. The lowest BCUT2D eigenvalue weighted by Gasteiger charge is -2.14. The van der Waals surface area contributed by atoms with Crippen LogP contribution in [0.3, 0.4) is 0 Å². The topological polar surface area (TPSA) is 100 Å². The van der Waals surface area contributed by atoms with Crippen LogP contribution in [0.1, 0.15) is 63.5 Å². The molecule has 0 aliphatic rings. The number of hydrogen-bond donors (Lipinski definition) is 3. The Hall–Kier alpha value is -3.41. The lowest BCUT2D eigenvalue weighted by Crippen LogP contribution is -2.08. The Morgan fingerprint density at radius 3 is 1.97 bits per heavy atom. The molecule has 34 heavy (non-hydrogen) atoms. The molecule has 6 heteroatoms. The van der Waals surface area contributed by atoms with Crippen molar-refractivity contribution in [1.82, 2.24) is 0 Å².